The van der Waals surface area contributed by atoms with E-state index in [1.54, 1.807) is 0 Å². The number of unbranched alkanes of at least 4 members (excludes halogenated alkanes) is 2. The number of hydrogen-bond donors (Lipinski definition) is 0. The molecule has 0 N–H and O–H groups in total. The Morgan fingerprint density at radius 1 is 0.727 bits per heavy atom. The number of carbonyl (C=O) groups excluding carboxylic acids is 2. The van der Waals surface area contributed by atoms with Crippen LogP contribution >= 0.6 is 0 Å². The molecule has 0 spiro atoms. The maximum Gasteiger partial charge on any atom is 4.00 e. The van der Waals surface area contributed by atoms with E-state index in [0.717, 1.165) is 38.5 Å². The van der Waals surface area contributed by atoms with Crippen molar-refractivity contribution in [2.24, 2.45) is 11.8 Å². The Labute approximate surface area is 169 Å². The number of aliphatic carboxylic acids is 2. The maximum atomic E-state index is 10.3. The van der Waals surface area contributed by atoms with Crippen molar-refractivity contribution >= 4 is 59.8 Å². The monoisotopic (exact) mass is 526 g/mol. The molecule has 0 aliphatic carbocycles. The predicted molar refractivity (Wildman–Crippen MR) is 88.1 cm³/mol. The van der Waals surface area contributed by atoms with Gasteiger partial charge in [-0.2, -0.15) is 0 Å². The zero-order valence-corrected chi connectivity index (χ0v) is 20.2. The molecule has 0 fully saturated rings. The Bertz CT molecular complexity index is 235. The van der Waals surface area contributed by atoms with Crippen molar-refractivity contribution in [3.63, 3.8) is 0 Å². The molecule has 2 atom stereocenters. The summed E-state index contributed by atoms with van der Waals surface area (Å²) in [5.74, 6) is -2.23. The van der Waals surface area contributed by atoms with Crippen molar-refractivity contribution in [3.8, 4) is 0 Å². The Morgan fingerprint density at radius 3 is 1.14 bits per heavy atom. The number of carbonyl (C=O) groups is 2. The summed E-state index contributed by atoms with van der Waals surface area (Å²) in [6, 6.07) is 0. The van der Waals surface area contributed by atoms with E-state index in [1.807, 2.05) is 13.8 Å². The van der Waals surface area contributed by atoms with Crippen LogP contribution in [0.15, 0.2) is 0 Å². The molecule has 2 unspecified atom stereocenters. The molecule has 0 aliphatic heterocycles. The van der Waals surface area contributed by atoms with Gasteiger partial charge in [-0.3, -0.25) is 0 Å². The van der Waals surface area contributed by atoms with Crippen molar-refractivity contribution in [2.45, 2.75) is 79.1 Å². The smallest absolute Gasteiger partial charge is 0.550 e. The van der Waals surface area contributed by atoms with Gasteiger partial charge in [0.25, 0.3) is 0 Å². The molecule has 0 saturated carbocycles. The van der Waals surface area contributed by atoms with Crippen LogP contribution in [0.25, 0.3) is 0 Å². The van der Waals surface area contributed by atoms with Gasteiger partial charge in [0.2, 0.25) is 0 Å². The molecule has 0 heterocycles. The van der Waals surface area contributed by atoms with Crippen molar-refractivity contribution in [1.29, 1.82) is 0 Å². The SMILES string of the molecule is CCCCC(CC)C(=O)[O-].CCCCC(CC)C(=O)[O-].[Sn+4].[Sn+4]. The first-order valence-corrected chi connectivity index (χ1v) is 7.86. The van der Waals surface area contributed by atoms with Gasteiger partial charge in [-0.15, -0.1) is 0 Å². The second kappa shape index (κ2) is 21.5. The molecule has 0 aromatic carbocycles. The fourth-order valence-corrected chi connectivity index (χ4v) is 1.88. The van der Waals surface area contributed by atoms with Gasteiger partial charge in [-0.1, -0.05) is 53.4 Å². The molecule has 0 aromatic heterocycles. The molecule has 0 radical (unpaired) electrons. The predicted octanol–water partition coefficient (Wildman–Crippen LogP) is 1.14. The summed E-state index contributed by atoms with van der Waals surface area (Å²) in [6.07, 6.45) is 7.04. The van der Waals surface area contributed by atoms with E-state index in [4.69, 9.17) is 0 Å². The van der Waals surface area contributed by atoms with Crippen LogP contribution in [0.3, 0.4) is 0 Å². The zero-order valence-electron chi connectivity index (χ0n) is 14.4. The van der Waals surface area contributed by atoms with Gasteiger partial charge < -0.3 is 19.8 Å². The van der Waals surface area contributed by atoms with Gasteiger partial charge >= 0.3 is 47.8 Å². The third kappa shape index (κ3) is 18.6. The minimum Gasteiger partial charge on any atom is -0.550 e. The van der Waals surface area contributed by atoms with E-state index in [0.29, 0.717) is 12.8 Å². The Balaban J connectivity index is -0.000000135. The normalized spacial score (nSPS) is 11.8. The number of carboxylic acids is 2. The molecular formula is C16H30O4Sn2+6. The van der Waals surface area contributed by atoms with Gasteiger partial charge in [0.1, 0.15) is 0 Å². The molecule has 0 aliphatic rings. The molecule has 0 rings (SSSR count). The largest absolute Gasteiger partial charge is 4.00 e. The van der Waals surface area contributed by atoms with Crippen LogP contribution in [0, 0.1) is 11.8 Å². The molecule has 0 saturated heterocycles. The van der Waals surface area contributed by atoms with E-state index in [1.165, 1.54) is 0 Å². The van der Waals surface area contributed by atoms with E-state index in [2.05, 4.69) is 13.8 Å². The molecule has 22 heavy (non-hydrogen) atoms. The van der Waals surface area contributed by atoms with E-state index >= 15 is 0 Å². The van der Waals surface area contributed by atoms with Crippen LogP contribution < -0.4 is 10.2 Å². The summed E-state index contributed by atoms with van der Waals surface area (Å²) in [5, 5.41) is 20.7. The summed E-state index contributed by atoms with van der Waals surface area (Å²) in [4.78, 5) is 20.7. The van der Waals surface area contributed by atoms with Crippen LogP contribution in [0.1, 0.15) is 79.1 Å². The summed E-state index contributed by atoms with van der Waals surface area (Å²) < 4.78 is 0. The summed E-state index contributed by atoms with van der Waals surface area (Å²) in [5.41, 5.74) is 0. The second-order valence-corrected chi connectivity index (χ2v) is 5.13. The van der Waals surface area contributed by atoms with Gasteiger partial charge in [0, 0.05) is 11.9 Å². The molecule has 0 bridgehead atoms. The maximum absolute atomic E-state index is 10.3. The van der Waals surface area contributed by atoms with E-state index < -0.39 is 11.9 Å². The van der Waals surface area contributed by atoms with Gasteiger partial charge in [-0.05, 0) is 37.5 Å². The van der Waals surface area contributed by atoms with Crippen molar-refractivity contribution < 1.29 is 19.8 Å². The second-order valence-electron chi connectivity index (χ2n) is 5.13. The topological polar surface area (TPSA) is 80.3 Å². The Morgan fingerprint density at radius 2 is 1.00 bits per heavy atom. The summed E-state index contributed by atoms with van der Waals surface area (Å²) >= 11 is 0. The fourth-order valence-electron chi connectivity index (χ4n) is 1.88. The van der Waals surface area contributed by atoms with Crippen molar-refractivity contribution in [3.05, 3.63) is 0 Å². The van der Waals surface area contributed by atoms with Crippen molar-refractivity contribution in [2.75, 3.05) is 0 Å². The summed E-state index contributed by atoms with van der Waals surface area (Å²) in [6.45, 7) is 7.89. The number of carboxylic acid groups (broad SMARTS) is 2. The zero-order chi connectivity index (χ0) is 16.0. The minimum atomic E-state index is -0.893. The van der Waals surface area contributed by atoms with Gasteiger partial charge in [0.05, 0.1) is 0 Å². The molecule has 0 amide bonds. The third-order valence-electron chi connectivity index (χ3n) is 3.46. The quantitative estimate of drug-likeness (QED) is 0.402. The Kier molecular flexibility index (Phi) is 29.8. The van der Waals surface area contributed by atoms with Crippen LogP contribution in [0.4, 0.5) is 0 Å². The van der Waals surface area contributed by atoms with E-state index in [-0.39, 0.29) is 59.7 Å². The first kappa shape index (κ1) is 30.4. The van der Waals surface area contributed by atoms with E-state index in [9.17, 15) is 19.8 Å². The molecule has 120 valence electrons. The van der Waals surface area contributed by atoms with Gasteiger partial charge in [-0.25, -0.2) is 0 Å². The average molecular weight is 524 g/mol. The minimum absolute atomic E-state index is 0. The number of rotatable bonds is 10. The van der Waals surface area contributed by atoms with Crippen LogP contribution in [-0.4, -0.2) is 59.8 Å². The fraction of sp³-hybridized carbons (Fsp3) is 0.875. The van der Waals surface area contributed by atoms with Crippen LogP contribution in [0.5, 0.6) is 0 Å². The molecule has 6 heteroatoms. The first-order chi connectivity index (χ1) is 9.44. The number of hydrogen-bond acceptors (Lipinski definition) is 4. The first-order valence-electron chi connectivity index (χ1n) is 7.86. The van der Waals surface area contributed by atoms with Crippen LogP contribution in [0.2, 0.25) is 0 Å². The molecule has 4 nitrogen and oxygen atoms in total. The third-order valence-corrected chi connectivity index (χ3v) is 3.46. The molecular weight excluding hydrogens is 494 g/mol. The van der Waals surface area contributed by atoms with Gasteiger partial charge in [0.15, 0.2) is 0 Å². The van der Waals surface area contributed by atoms with Crippen LogP contribution in [-0.2, 0) is 9.59 Å². The summed E-state index contributed by atoms with van der Waals surface area (Å²) in [7, 11) is 0. The standard InChI is InChI=1S/2C8H16O2.2Sn/c2*1-3-5-6-7(4-2)8(9)10;;/h2*7H,3-6H2,1-2H3,(H,9,10);;/q;;2*+4/p-2. The van der Waals surface area contributed by atoms with Crippen molar-refractivity contribution in [1.82, 2.24) is 0 Å². The Hall–Kier alpha value is 0.537. The molecule has 0 aromatic rings. The average Bonchev–Trinajstić information content (AvgIpc) is 2.40.